The van der Waals surface area contributed by atoms with Gasteiger partial charge in [0.15, 0.2) is 0 Å². The number of rotatable bonds is 5. The van der Waals surface area contributed by atoms with E-state index in [0.717, 1.165) is 0 Å². The van der Waals surface area contributed by atoms with Crippen LogP contribution in [0, 0.1) is 0 Å². The van der Waals surface area contributed by atoms with Gasteiger partial charge in [-0.2, -0.15) is 0 Å². The van der Waals surface area contributed by atoms with Crippen molar-refractivity contribution >= 4 is 29.2 Å². The molecule has 1 unspecified atom stereocenters. The number of nitrogens with zero attached hydrogens (tertiary/aromatic N) is 1. The first-order valence-electron chi connectivity index (χ1n) is 5.94. The number of amides is 1. The van der Waals surface area contributed by atoms with Crippen LogP contribution in [0.2, 0.25) is 5.02 Å². The van der Waals surface area contributed by atoms with Gasteiger partial charge in [0.2, 0.25) is 0 Å². The average molecular weight is 285 g/mol. The molecule has 6 heteroatoms. The zero-order valence-corrected chi connectivity index (χ0v) is 11.6. The van der Waals surface area contributed by atoms with Crippen molar-refractivity contribution in [3.8, 4) is 0 Å². The van der Waals surface area contributed by atoms with Crippen LogP contribution in [0.4, 0.5) is 5.69 Å². The lowest BCUT2D eigenvalue weighted by molar-refractivity contribution is -0.138. The van der Waals surface area contributed by atoms with Crippen molar-refractivity contribution in [1.82, 2.24) is 4.90 Å². The van der Waals surface area contributed by atoms with Crippen LogP contribution in [0.1, 0.15) is 30.6 Å². The summed E-state index contributed by atoms with van der Waals surface area (Å²) in [5.41, 5.74) is 6.30. The Bertz CT molecular complexity index is 491. The van der Waals surface area contributed by atoms with Gasteiger partial charge in [-0.25, -0.2) is 0 Å². The first-order chi connectivity index (χ1) is 8.86. The van der Waals surface area contributed by atoms with E-state index in [4.69, 9.17) is 22.4 Å². The molecule has 1 atom stereocenters. The Morgan fingerprint density at radius 1 is 1.47 bits per heavy atom. The van der Waals surface area contributed by atoms with Crippen LogP contribution in [0.3, 0.4) is 0 Å². The van der Waals surface area contributed by atoms with Crippen molar-refractivity contribution in [2.45, 2.75) is 26.3 Å². The Labute approximate surface area is 117 Å². The second-order valence-corrected chi connectivity index (χ2v) is 4.73. The van der Waals surface area contributed by atoms with Crippen LogP contribution in [0.15, 0.2) is 18.2 Å². The predicted octanol–water partition coefficient (Wildman–Crippen LogP) is 2.25. The van der Waals surface area contributed by atoms with Crippen molar-refractivity contribution in [2.24, 2.45) is 0 Å². The van der Waals surface area contributed by atoms with Crippen LogP contribution in [0.5, 0.6) is 0 Å². The smallest absolute Gasteiger partial charge is 0.323 e. The molecule has 0 aliphatic rings. The van der Waals surface area contributed by atoms with Gasteiger partial charge in [0.25, 0.3) is 5.91 Å². The number of benzene rings is 1. The van der Waals surface area contributed by atoms with E-state index in [1.807, 2.05) is 6.92 Å². The van der Waals surface area contributed by atoms with Crippen LogP contribution in [-0.2, 0) is 4.79 Å². The number of nitrogens with two attached hydrogens (primary N) is 1. The summed E-state index contributed by atoms with van der Waals surface area (Å²) >= 11 is 5.87. The average Bonchev–Trinajstić information content (AvgIpc) is 2.37. The topological polar surface area (TPSA) is 83.6 Å². The molecule has 0 bridgehead atoms. The van der Waals surface area contributed by atoms with Gasteiger partial charge < -0.3 is 15.7 Å². The lowest BCUT2D eigenvalue weighted by atomic mass is 10.1. The number of halogens is 1. The standard InChI is InChI=1S/C13H17ClN2O3/c1-3-8(2)16(7-12(17)18)13(19)9-4-5-11(15)10(14)6-9/h4-6,8H,3,7,15H2,1-2H3,(H,17,18). The summed E-state index contributed by atoms with van der Waals surface area (Å²) in [6.07, 6.45) is 0.668. The van der Waals surface area contributed by atoms with E-state index in [2.05, 4.69) is 0 Å². The summed E-state index contributed by atoms with van der Waals surface area (Å²) in [5, 5.41) is 9.17. The molecule has 0 aliphatic carbocycles. The predicted molar refractivity (Wildman–Crippen MR) is 74.3 cm³/mol. The van der Waals surface area contributed by atoms with E-state index in [0.29, 0.717) is 17.7 Å². The second kappa shape index (κ2) is 6.43. The summed E-state index contributed by atoms with van der Waals surface area (Å²) in [7, 11) is 0. The number of anilines is 1. The van der Waals surface area contributed by atoms with Gasteiger partial charge in [-0.15, -0.1) is 0 Å². The number of hydrogen-bond acceptors (Lipinski definition) is 3. The van der Waals surface area contributed by atoms with Crippen LogP contribution >= 0.6 is 11.6 Å². The number of carboxylic acid groups (broad SMARTS) is 1. The molecule has 1 aromatic rings. The summed E-state index contributed by atoms with van der Waals surface area (Å²) in [4.78, 5) is 24.5. The van der Waals surface area contributed by atoms with Crippen molar-refractivity contribution in [2.75, 3.05) is 12.3 Å². The van der Waals surface area contributed by atoms with Crippen LogP contribution in [-0.4, -0.2) is 34.5 Å². The summed E-state index contributed by atoms with van der Waals surface area (Å²) in [6, 6.07) is 4.36. The fourth-order valence-electron chi connectivity index (χ4n) is 1.62. The molecule has 19 heavy (non-hydrogen) atoms. The Morgan fingerprint density at radius 3 is 2.58 bits per heavy atom. The Morgan fingerprint density at radius 2 is 2.11 bits per heavy atom. The van der Waals surface area contributed by atoms with Crippen LogP contribution < -0.4 is 5.73 Å². The molecule has 0 fully saturated rings. The Kier molecular flexibility index (Phi) is 5.18. The highest BCUT2D eigenvalue weighted by molar-refractivity contribution is 6.33. The zero-order chi connectivity index (χ0) is 14.6. The molecule has 3 N–H and O–H groups in total. The molecule has 0 saturated heterocycles. The molecule has 0 aromatic heterocycles. The Hall–Kier alpha value is -1.75. The van der Waals surface area contributed by atoms with Crippen molar-refractivity contribution in [3.05, 3.63) is 28.8 Å². The molecule has 1 rings (SSSR count). The van der Waals surface area contributed by atoms with Gasteiger partial charge in [0.05, 0.1) is 10.7 Å². The lowest BCUT2D eigenvalue weighted by Crippen LogP contribution is -2.41. The maximum absolute atomic E-state index is 12.3. The number of nitrogen functional groups attached to an aromatic ring is 1. The molecular weight excluding hydrogens is 268 g/mol. The fraction of sp³-hybridized carbons (Fsp3) is 0.385. The number of carbonyl (C=O) groups is 2. The largest absolute Gasteiger partial charge is 0.480 e. The summed E-state index contributed by atoms with van der Waals surface area (Å²) in [6.45, 7) is 3.36. The van der Waals surface area contributed by atoms with Gasteiger partial charge in [-0.05, 0) is 31.5 Å². The molecule has 5 nitrogen and oxygen atoms in total. The van der Waals surface area contributed by atoms with E-state index in [1.165, 1.54) is 17.0 Å². The highest BCUT2D eigenvalue weighted by Gasteiger charge is 2.23. The molecule has 0 heterocycles. The minimum absolute atomic E-state index is 0.167. The monoisotopic (exact) mass is 284 g/mol. The molecule has 0 spiro atoms. The lowest BCUT2D eigenvalue weighted by Gasteiger charge is -2.27. The maximum atomic E-state index is 12.3. The third kappa shape index (κ3) is 3.86. The minimum Gasteiger partial charge on any atom is -0.480 e. The number of carboxylic acids is 1. The fourth-order valence-corrected chi connectivity index (χ4v) is 1.80. The van der Waals surface area contributed by atoms with Crippen molar-refractivity contribution < 1.29 is 14.7 Å². The van der Waals surface area contributed by atoms with Crippen molar-refractivity contribution in [1.29, 1.82) is 0 Å². The number of carbonyl (C=O) groups excluding carboxylic acids is 1. The highest BCUT2D eigenvalue weighted by Crippen LogP contribution is 2.21. The molecule has 104 valence electrons. The van der Waals surface area contributed by atoms with E-state index in [1.54, 1.807) is 13.0 Å². The highest BCUT2D eigenvalue weighted by atomic mass is 35.5. The van der Waals surface area contributed by atoms with Gasteiger partial charge in [-0.1, -0.05) is 18.5 Å². The maximum Gasteiger partial charge on any atom is 0.323 e. The van der Waals surface area contributed by atoms with Gasteiger partial charge in [0, 0.05) is 11.6 Å². The SMILES string of the molecule is CCC(C)N(CC(=O)O)C(=O)c1ccc(N)c(Cl)c1. The first-order valence-corrected chi connectivity index (χ1v) is 6.32. The second-order valence-electron chi connectivity index (χ2n) is 4.32. The van der Waals surface area contributed by atoms with E-state index >= 15 is 0 Å². The van der Waals surface area contributed by atoms with Gasteiger partial charge in [0.1, 0.15) is 6.54 Å². The first kappa shape index (κ1) is 15.3. The zero-order valence-electron chi connectivity index (χ0n) is 10.9. The minimum atomic E-state index is -1.05. The summed E-state index contributed by atoms with van der Waals surface area (Å²) < 4.78 is 0. The molecular formula is C13H17ClN2O3. The number of aliphatic carboxylic acids is 1. The van der Waals surface area contributed by atoms with E-state index < -0.39 is 5.97 Å². The third-order valence-corrected chi connectivity index (χ3v) is 3.26. The van der Waals surface area contributed by atoms with Crippen molar-refractivity contribution in [3.63, 3.8) is 0 Å². The molecule has 1 amide bonds. The van der Waals surface area contributed by atoms with E-state index in [9.17, 15) is 9.59 Å². The molecule has 1 aromatic carbocycles. The molecule has 0 aliphatic heterocycles. The molecule has 0 radical (unpaired) electrons. The van der Waals surface area contributed by atoms with E-state index in [-0.39, 0.29) is 23.5 Å². The summed E-state index contributed by atoms with van der Waals surface area (Å²) in [5.74, 6) is -1.41. The number of hydrogen-bond donors (Lipinski definition) is 2. The molecule has 0 saturated carbocycles. The van der Waals surface area contributed by atoms with Crippen LogP contribution in [0.25, 0.3) is 0 Å². The van der Waals surface area contributed by atoms with Gasteiger partial charge in [-0.3, -0.25) is 9.59 Å². The third-order valence-electron chi connectivity index (χ3n) is 2.94. The quantitative estimate of drug-likeness (QED) is 0.812. The Balaban J connectivity index is 3.04. The van der Waals surface area contributed by atoms with Gasteiger partial charge >= 0.3 is 5.97 Å². The normalized spacial score (nSPS) is 11.9.